The summed E-state index contributed by atoms with van der Waals surface area (Å²) in [5, 5.41) is 5.25. The van der Waals surface area contributed by atoms with Crippen molar-refractivity contribution in [1.29, 1.82) is 0 Å². The second kappa shape index (κ2) is 9.91. The molecule has 0 unspecified atom stereocenters. The van der Waals surface area contributed by atoms with Gasteiger partial charge >= 0.3 is 0 Å². The standard InChI is InChI=1S/C24H24BrN5O3/c25-13-4-7-20(31)29-14-12-17(15-29)30-23(26)21(24(27)32)22(28-30)16-8-10-19(11-9-16)33-18-5-2-1-3-6-18/h1-11,17H,12-15,26H2,(H2,27,32)/t17-/m1/s1. The summed E-state index contributed by atoms with van der Waals surface area (Å²) in [7, 11) is 0. The van der Waals surface area contributed by atoms with E-state index in [1.165, 1.54) is 0 Å². The molecule has 2 aromatic carbocycles. The van der Waals surface area contributed by atoms with Gasteiger partial charge in [-0.2, -0.15) is 5.10 Å². The number of allylic oxidation sites excluding steroid dienone is 1. The predicted octanol–water partition coefficient (Wildman–Crippen LogP) is 3.75. The molecule has 8 nitrogen and oxygen atoms in total. The number of anilines is 1. The van der Waals surface area contributed by atoms with Crippen molar-refractivity contribution in [2.75, 3.05) is 24.2 Å². The van der Waals surface area contributed by atoms with Crippen molar-refractivity contribution < 1.29 is 14.3 Å². The van der Waals surface area contributed by atoms with E-state index < -0.39 is 5.91 Å². The maximum atomic E-state index is 12.3. The number of benzene rings is 2. The number of carbonyl (C=O) groups excluding carboxylic acids is 2. The number of rotatable bonds is 7. The molecule has 0 spiro atoms. The average molecular weight is 510 g/mol. The lowest BCUT2D eigenvalue weighted by Crippen LogP contribution is -2.28. The molecule has 2 amide bonds. The minimum absolute atomic E-state index is 0.0629. The van der Waals surface area contributed by atoms with Crippen molar-refractivity contribution in [2.45, 2.75) is 12.5 Å². The van der Waals surface area contributed by atoms with Gasteiger partial charge in [-0.1, -0.05) is 40.2 Å². The van der Waals surface area contributed by atoms with Crippen LogP contribution in [0, 0.1) is 0 Å². The van der Waals surface area contributed by atoms with Crippen LogP contribution in [0.3, 0.4) is 0 Å². The zero-order valence-electron chi connectivity index (χ0n) is 17.9. The maximum Gasteiger partial charge on any atom is 0.254 e. The first-order valence-electron chi connectivity index (χ1n) is 10.5. The number of aromatic nitrogens is 2. The van der Waals surface area contributed by atoms with E-state index in [4.69, 9.17) is 16.2 Å². The summed E-state index contributed by atoms with van der Waals surface area (Å²) < 4.78 is 7.45. The minimum Gasteiger partial charge on any atom is -0.457 e. The fourth-order valence-corrected chi connectivity index (χ4v) is 4.06. The van der Waals surface area contributed by atoms with Crippen molar-refractivity contribution >= 4 is 33.6 Å². The molecule has 1 atom stereocenters. The van der Waals surface area contributed by atoms with E-state index in [0.717, 1.165) is 5.75 Å². The Morgan fingerprint density at radius 1 is 1.12 bits per heavy atom. The molecular weight excluding hydrogens is 486 g/mol. The maximum absolute atomic E-state index is 12.3. The summed E-state index contributed by atoms with van der Waals surface area (Å²) in [6.45, 7) is 1.04. The fourth-order valence-electron chi connectivity index (χ4n) is 3.87. The molecule has 0 saturated carbocycles. The van der Waals surface area contributed by atoms with E-state index in [2.05, 4.69) is 21.0 Å². The number of nitrogen functional groups attached to an aromatic ring is 1. The molecule has 1 saturated heterocycles. The number of carbonyl (C=O) groups is 2. The van der Waals surface area contributed by atoms with Crippen molar-refractivity contribution in [1.82, 2.24) is 14.7 Å². The number of amides is 2. The van der Waals surface area contributed by atoms with Crippen LogP contribution in [-0.4, -0.2) is 44.9 Å². The molecule has 33 heavy (non-hydrogen) atoms. The molecule has 0 radical (unpaired) electrons. The highest BCUT2D eigenvalue weighted by Crippen LogP contribution is 2.33. The molecule has 2 heterocycles. The Bertz CT molecular complexity index is 1170. The Morgan fingerprint density at radius 2 is 1.82 bits per heavy atom. The molecule has 1 aliphatic heterocycles. The second-order valence-corrected chi connectivity index (χ2v) is 8.29. The number of ether oxygens (including phenoxy) is 1. The third kappa shape index (κ3) is 4.93. The van der Waals surface area contributed by atoms with Gasteiger partial charge in [-0.05, 0) is 48.9 Å². The van der Waals surface area contributed by atoms with Gasteiger partial charge in [0, 0.05) is 24.0 Å². The summed E-state index contributed by atoms with van der Waals surface area (Å²) in [4.78, 5) is 26.3. The highest BCUT2D eigenvalue weighted by Gasteiger charge is 2.31. The van der Waals surface area contributed by atoms with Crippen LogP contribution in [0.5, 0.6) is 11.5 Å². The summed E-state index contributed by atoms with van der Waals surface area (Å²) >= 11 is 3.27. The Morgan fingerprint density at radius 3 is 2.48 bits per heavy atom. The predicted molar refractivity (Wildman–Crippen MR) is 130 cm³/mol. The number of nitrogens with zero attached hydrogens (tertiary/aromatic N) is 3. The molecule has 9 heteroatoms. The lowest BCUT2D eigenvalue weighted by molar-refractivity contribution is -0.125. The average Bonchev–Trinajstić information content (AvgIpc) is 3.43. The third-order valence-corrected chi connectivity index (χ3v) is 5.84. The van der Waals surface area contributed by atoms with Gasteiger partial charge in [-0.15, -0.1) is 0 Å². The van der Waals surface area contributed by atoms with Crippen LogP contribution in [0.25, 0.3) is 11.3 Å². The molecule has 4 rings (SSSR count). The zero-order chi connectivity index (χ0) is 23.4. The first-order valence-corrected chi connectivity index (χ1v) is 11.6. The zero-order valence-corrected chi connectivity index (χ0v) is 19.4. The Labute approximate surface area is 199 Å². The number of alkyl halides is 1. The summed E-state index contributed by atoms with van der Waals surface area (Å²) in [6, 6.07) is 16.5. The molecule has 0 bridgehead atoms. The van der Waals surface area contributed by atoms with Gasteiger partial charge in [0.05, 0.1) is 6.04 Å². The number of likely N-dealkylation sites (tertiary alicyclic amines) is 1. The second-order valence-electron chi connectivity index (χ2n) is 7.64. The van der Waals surface area contributed by atoms with Gasteiger partial charge in [-0.3, -0.25) is 9.59 Å². The van der Waals surface area contributed by atoms with Gasteiger partial charge in [-0.25, -0.2) is 4.68 Å². The fraction of sp³-hybridized carbons (Fsp3) is 0.208. The van der Waals surface area contributed by atoms with Crippen LogP contribution in [-0.2, 0) is 4.79 Å². The molecular formula is C24H24BrN5O3. The van der Waals surface area contributed by atoms with Crippen molar-refractivity contribution in [3.8, 4) is 22.8 Å². The number of hydrogen-bond acceptors (Lipinski definition) is 5. The lowest BCUT2D eigenvalue weighted by atomic mass is 10.1. The third-order valence-electron chi connectivity index (χ3n) is 5.47. The largest absolute Gasteiger partial charge is 0.457 e. The van der Waals surface area contributed by atoms with E-state index in [0.29, 0.717) is 41.8 Å². The van der Waals surface area contributed by atoms with Crippen LogP contribution in [0.15, 0.2) is 66.7 Å². The van der Waals surface area contributed by atoms with E-state index in [1.54, 1.807) is 33.9 Å². The van der Waals surface area contributed by atoms with E-state index in [9.17, 15) is 9.59 Å². The summed E-state index contributed by atoms with van der Waals surface area (Å²) in [5.41, 5.74) is 13.2. The van der Waals surface area contributed by atoms with E-state index >= 15 is 0 Å². The van der Waals surface area contributed by atoms with Crippen LogP contribution >= 0.6 is 15.9 Å². The van der Waals surface area contributed by atoms with Gasteiger partial charge in [0.1, 0.15) is 28.6 Å². The highest BCUT2D eigenvalue weighted by molar-refractivity contribution is 9.09. The van der Waals surface area contributed by atoms with E-state index in [1.807, 2.05) is 42.5 Å². The highest BCUT2D eigenvalue weighted by atomic mass is 79.9. The monoisotopic (exact) mass is 509 g/mol. The first-order chi connectivity index (χ1) is 16.0. The van der Waals surface area contributed by atoms with Crippen LogP contribution in [0.2, 0.25) is 0 Å². The van der Waals surface area contributed by atoms with Crippen molar-refractivity contribution in [3.63, 3.8) is 0 Å². The number of hydrogen-bond donors (Lipinski definition) is 2. The van der Waals surface area contributed by atoms with Crippen LogP contribution < -0.4 is 16.2 Å². The van der Waals surface area contributed by atoms with Gasteiger partial charge in [0.2, 0.25) is 5.91 Å². The smallest absolute Gasteiger partial charge is 0.254 e. The molecule has 0 aliphatic carbocycles. The molecule has 1 aromatic heterocycles. The number of halogens is 1. The van der Waals surface area contributed by atoms with Crippen LogP contribution in [0.4, 0.5) is 5.82 Å². The number of primary amides is 1. The molecule has 4 N–H and O–H groups in total. The van der Waals surface area contributed by atoms with E-state index in [-0.39, 0.29) is 23.3 Å². The molecule has 1 aliphatic rings. The molecule has 3 aromatic rings. The SMILES string of the molecule is NC(=O)c1c(-c2ccc(Oc3ccccc3)cc2)nn([C@@H]2CCN(C(=O)C=CCBr)C2)c1N. The van der Waals surface area contributed by atoms with Gasteiger partial charge in [0.25, 0.3) is 5.91 Å². The van der Waals surface area contributed by atoms with Crippen molar-refractivity contribution in [3.05, 3.63) is 72.3 Å². The number of nitrogens with two attached hydrogens (primary N) is 2. The molecule has 1 fully saturated rings. The first kappa shape index (κ1) is 22.6. The van der Waals surface area contributed by atoms with Gasteiger partial charge in [0.15, 0.2) is 0 Å². The van der Waals surface area contributed by atoms with Gasteiger partial charge < -0.3 is 21.1 Å². The topological polar surface area (TPSA) is 116 Å². The lowest BCUT2D eigenvalue weighted by Gasteiger charge is -2.15. The molecule has 170 valence electrons. The Kier molecular flexibility index (Phi) is 6.79. The normalized spacial score (nSPS) is 15.8. The Hall–Kier alpha value is -3.59. The van der Waals surface area contributed by atoms with Crippen LogP contribution in [0.1, 0.15) is 22.8 Å². The minimum atomic E-state index is -0.649. The quantitative estimate of drug-likeness (QED) is 0.371. The Balaban J connectivity index is 1.58. The summed E-state index contributed by atoms with van der Waals surface area (Å²) in [5.74, 6) is 0.872. The summed E-state index contributed by atoms with van der Waals surface area (Å²) in [6.07, 6.45) is 3.98. The number of para-hydroxylation sites is 1. The van der Waals surface area contributed by atoms with Crippen molar-refractivity contribution in [2.24, 2.45) is 5.73 Å².